The van der Waals surface area contributed by atoms with E-state index in [1.807, 2.05) is 13.8 Å². The standard InChI is InChI=1S/C7H12O2S/c1-3-7-6(2)10(8)5-4-9-7/h3-5H2,1-2H3. The highest BCUT2D eigenvalue weighted by Gasteiger charge is 2.14. The minimum absolute atomic E-state index is 0.618. The van der Waals surface area contributed by atoms with E-state index >= 15 is 0 Å². The molecule has 10 heavy (non-hydrogen) atoms. The van der Waals surface area contributed by atoms with E-state index in [-0.39, 0.29) is 0 Å². The summed E-state index contributed by atoms with van der Waals surface area (Å²) in [5, 5.41) is 0. The second-order valence-corrected chi connectivity index (χ2v) is 3.94. The van der Waals surface area contributed by atoms with Gasteiger partial charge in [-0.2, -0.15) is 0 Å². The summed E-state index contributed by atoms with van der Waals surface area (Å²) in [4.78, 5) is 0.925. The molecule has 0 aromatic carbocycles. The zero-order valence-corrected chi connectivity index (χ0v) is 7.16. The van der Waals surface area contributed by atoms with Crippen molar-refractivity contribution in [1.82, 2.24) is 0 Å². The zero-order chi connectivity index (χ0) is 7.56. The molecule has 1 unspecified atom stereocenters. The summed E-state index contributed by atoms with van der Waals surface area (Å²) in [6.07, 6.45) is 0.859. The Morgan fingerprint density at radius 1 is 1.70 bits per heavy atom. The minimum Gasteiger partial charge on any atom is -0.496 e. The third kappa shape index (κ3) is 1.40. The smallest absolute Gasteiger partial charge is 0.107 e. The Balaban J connectivity index is 2.82. The van der Waals surface area contributed by atoms with Crippen molar-refractivity contribution in [3.8, 4) is 0 Å². The first kappa shape index (κ1) is 7.79. The van der Waals surface area contributed by atoms with E-state index in [1.54, 1.807) is 0 Å². The lowest BCUT2D eigenvalue weighted by Crippen LogP contribution is -2.14. The highest BCUT2D eigenvalue weighted by atomic mass is 32.2. The minimum atomic E-state index is -0.760. The maximum absolute atomic E-state index is 11.1. The molecule has 0 spiro atoms. The summed E-state index contributed by atoms with van der Waals surface area (Å²) in [7, 11) is -0.760. The average Bonchev–Trinajstić information content (AvgIpc) is 1.95. The van der Waals surface area contributed by atoms with Crippen molar-refractivity contribution < 1.29 is 8.95 Å². The average molecular weight is 160 g/mol. The predicted molar refractivity (Wildman–Crippen MR) is 42.0 cm³/mol. The molecule has 0 fully saturated rings. The van der Waals surface area contributed by atoms with Crippen molar-refractivity contribution in [2.75, 3.05) is 12.4 Å². The van der Waals surface area contributed by atoms with Gasteiger partial charge in [-0.15, -0.1) is 0 Å². The largest absolute Gasteiger partial charge is 0.496 e. The van der Waals surface area contributed by atoms with Gasteiger partial charge in [-0.25, -0.2) is 0 Å². The van der Waals surface area contributed by atoms with Crippen LogP contribution >= 0.6 is 0 Å². The van der Waals surface area contributed by atoms with Gasteiger partial charge in [-0.3, -0.25) is 4.21 Å². The van der Waals surface area contributed by atoms with Crippen molar-refractivity contribution in [2.45, 2.75) is 20.3 Å². The van der Waals surface area contributed by atoms with E-state index in [0.717, 1.165) is 17.1 Å². The summed E-state index contributed by atoms with van der Waals surface area (Å²) < 4.78 is 16.4. The Morgan fingerprint density at radius 3 is 2.90 bits per heavy atom. The van der Waals surface area contributed by atoms with Crippen LogP contribution in [-0.4, -0.2) is 16.6 Å². The monoisotopic (exact) mass is 160 g/mol. The molecule has 0 aromatic heterocycles. The Morgan fingerprint density at radius 2 is 2.40 bits per heavy atom. The molecule has 0 amide bonds. The van der Waals surface area contributed by atoms with Crippen LogP contribution in [0.2, 0.25) is 0 Å². The van der Waals surface area contributed by atoms with Gasteiger partial charge >= 0.3 is 0 Å². The van der Waals surface area contributed by atoms with Crippen molar-refractivity contribution in [2.24, 2.45) is 0 Å². The summed E-state index contributed by atoms with van der Waals surface area (Å²) in [5.41, 5.74) is 0. The normalized spacial score (nSPS) is 26.4. The Labute approximate surface area is 63.7 Å². The molecule has 3 heteroatoms. The molecule has 58 valence electrons. The molecule has 0 radical (unpaired) electrons. The summed E-state index contributed by atoms with van der Waals surface area (Å²) >= 11 is 0. The Bertz CT molecular complexity index is 184. The van der Waals surface area contributed by atoms with Gasteiger partial charge in [0.2, 0.25) is 0 Å². The summed E-state index contributed by atoms with van der Waals surface area (Å²) in [6.45, 7) is 4.52. The molecule has 0 N–H and O–H groups in total. The van der Waals surface area contributed by atoms with Crippen LogP contribution in [-0.2, 0) is 15.5 Å². The molecule has 1 aliphatic heterocycles. The van der Waals surface area contributed by atoms with E-state index in [2.05, 4.69) is 0 Å². The molecular formula is C7H12O2S. The fourth-order valence-corrected chi connectivity index (χ4v) is 1.97. The zero-order valence-electron chi connectivity index (χ0n) is 6.35. The van der Waals surface area contributed by atoms with Crippen LogP contribution < -0.4 is 0 Å². The third-order valence-corrected chi connectivity index (χ3v) is 3.05. The molecule has 0 saturated heterocycles. The lowest BCUT2D eigenvalue weighted by Gasteiger charge is -2.16. The first-order chi connectivity index (χ1) is 4.75. The number of hydrogen-bond donors (Lipinski definition) is 0. The van der Waals surface area contributed by atoms with E-state index in [1.165, 1.54) is 0 Å². The van der Waals surface area contributed by atoms with Crippen molar-refractivity contribution >= 4 is 10.8 Å². The number of ether oxygens (including phenoxy) is 1. The second kappa shape index (κ2) is 3.19. The van der Waals surface area contributed by atoms with E-state index in [4.69, 9.17) is 4.74 Å². The molecule has 0 bridgehead atoms. The Kier molecular flexibility index (Phi) is 2.49. The van der Waals surface area contributed by atoms with Crippen LogP contribution in [0.25, 0.3) is 0 Å². The summed E-state index contributed by atoms with van der Waals surface area (Å²) in [6, 6.07) is 0. The first-order valence-corrected chi connectivity index (χ1v) is 4.78. The SMILES string of the molecule is CCC1=C(C)S(=O)CCO1. The van der Waals surface area contributed by atoms with Crippen molar-refractivity contribution in [3.63, 3.8) is 0 Å². The molecule has 0 saturated carbocycles. The molecule has 0 aromatic rings. The molecule has 1 rings (SSSR count). The van der Waals surface area contributed by atoms with E-state index in [9.17, 15) is 4.21 Å². The molecule has 1 heterocycles. The summed E-state index contributed by atoms with van der Waals surface area (Å²) in [5.74, 6) is 1.58. The first-order valence-electron chi connectivity index (χ1n) is 3.46. The molecular weight excluding hydrogens is 148 g/mol. The fraction of sp³-hybridized carbons (Fsp3) is 0.714. The maximum Gasteiger partial charge on any atom is 0.107 e. The van der Waals surface area contributed by atoms with Gasteiger partial charge in [0.1, 0.15) is 5.76 Å². The van der Waals surface area contributed by atoms with Gasteiger partial charge < -0.3 is 4.74 Å². The predicted octanol–water partition coefficient (Wildman–Crippen LogP) is 1.41. The number of allylic oxidation sites excluding steroid dienone is 2. The second-order valence-electron chi connectivity index (χ2n) is 2.23. The van der Waals surface area contributed by atoms with Crippen LogP contribution in [0.15, 0.2) is 10.7 Å². The molecule has 1 aliphatic rings. The van der Waals surface area contributed by atoms with Gasteiger partial charge in [0.15, 0.2) is 0 Å². The van der Waals surface area contributed by atoms with E-state index < -0.39 is 10.8 Å². The highest BCUT2D eigenvalue weighted by molar-refractivity contribution is 7.89. The quantitative estimate of drug-likeness (QED) is 0.579. The van der Waals surface area contributed by atoms with Crippen LogP contribution in [0.1, 0.15) is 20.3 Å². The molecule has 2 nitrogen and oxygen atoms in total. The number of rotatable bonds is 1. The van der Waals surface area contributed by atoms with Crippen LogP contribution in [0.5, 0.6) is 0 Å². The third-order valence-electron chi connectivity index (χ3n) is 1.60. The lowest BCUT2D eigenvalue weighted by atomic mass is 10.4. The van der Waals surface area contributed by atoms with Crippen LogP contribution in [0.3, 0.4) is 0 Å². The number of hydrogen-bond acceptors (Lipinski definition) is 2. The van der Waals surface area contributed by atoms with Crippen LogP contribution in [0, 0.1) is 0 Å². The van der Waals surface area contributed by atoms with Crippen molar-refractivity contribution in [1.29, 1.82) is 0 Å². The van der Waals surface area contributed by atoms with Gasteiger partial charge in [-0.05, 0) is 6.92 Å². The van der Waals surface area contributed by atoms with Gasteiger partial charge in [0, 0.05) is 6.42 Å². The van der Waals surface area contributed by atoms with Crippen LogP contribution in [0.4, 0.5) is 0 Å². The Hall–Kier alpha value is -0.310. The van der Waals surface area contributed by atoms with Gasteiger partial charge in [0.25, 0.3) is 0 Å². The van der Waals surface area contributed by atoms with Gasteiger partial charge in [-0.1, -0.05) is 6.92 Å². The lowest BCUT2D eigenvalue weighted by molar-refractivity contribution is 0.217. The molecule has 1 atom stereocenters. The fourth-order valence-electron chi connectivity index (χ4n) is 0.973. The topological polar surface area (TPSA) is 26.3 Å². The highest BCUT2D eigenvalue weighted by Crippen LogP contribution is 2.17. The van der Waals surface area contributed by atoms with E-state index in [0.29, 0.717) is 12.4 Å². The van der Waals surface area contributed by atoms with Gasteiger partial charge in [0.05, 0.1) is 28.1 Å². The maximum atomic E-state index is 11.1. The van der Waals surface area contributed by atoms with Crippen molar-refractivity contribution in [3.05, 3.63) is 10.7 Å². The molecule has 0 aliphatic carbocycles.